The highest BCUT2D eigenvalue weighted by molar-refractivity contribution is 5.28. The molecule has 0 saturated carbocycles. The van der Waals surface area contributed by atoms with Crippen LogP contribution in [0.4, 0.5) is 0 Å². The van der Waals surface area contributed by atoms with Gasteiger partial charge in [0.05, 0.1) is 11.4 Å². The third kappa shape index (κ3) is 1.93. The SMILES string of the molecule is CC(C)n1nc2c(c1CN)CCCCC2. The molecule has 1 heterocycles. The van der Waals surface area contributed by atoms with Crippen molar-refractivity contribution in [1.29, 1.82) is 0 Å². The van der Waals surface area contributed by atoms with E-state index in [1.807, 2.05) is 0 Å². The smallest absolute Gasteiger partial charge is 0.0660 e. The average Bonchev–Trinajstić information content (AvgIpc) is 2.40. The molecule has 1 aromatic heterocycles. The fraction of sp³-hybridized carbons (Fsp3) is 0.750. The maximum Gasteiger partial charge on any atom is 0.0660 e. The number of nitrogens with zero attached hydrogens (tertiary/aromatic N) is 2. The molecule has 0 fully saturated rings. The van der Waals surface area contributed by atoms with Crippen molar-refractivity contribution in [2.45, 2.75) is 58.5 Å². The first-order valence-electron chi connectivity index (χ1n) is 6.03. The van der Waals surface area contributed by atoms with Crippen molar-refractivity contribution >= 4 is 0 Å². The van der Waals surface area contributed by atoms with Crippen LogP contribution in [-0.4, -0.2) is 9.78 Å². The Morgan fingerprint density at radius 2 is 2.00 bits per heavy atom. The molecule has 0 saturated heterocycles. The third-order valence-electron chi connectivity index (χ3n) is 3.22. The summed E-state index contributed by atoms with van der Waals surface area (Å²) in [7, 11) is 0. The highest BCUT2D eigenvalue weighted by Gasteiger charge is 2.19. The van der Waals surface area contributed by atoms with Crippen LogP contribution in [0.15, 0.2) is 0 Å². The molecule has 84 valence electrons. The minimum atomic E-state index is 0.426. The summed E-state index contributed by atoms with van der Waals surface area (Å²) in [5.41, 5.74) is 9.87. The lowest BCUT2D eigenvalue weighted by atomic mass is 10.1. The summed E-state index contributed by atoms with van der Waals surface area (Å²) in [6.07, 6.45) is 6.23. The van der Waals surface area contributed by atoms with Gasteiger partial charge in [-0.25, -0.2) is 0 Å². The fourth-order valence-electron chi connectivity index (χ4n) is 2.46. The van der Waals surface area contributed by atoms with Crippen LogP contribution < -0.4 is 5.73 Å². The highest BCUT2D eigenvalue weighted by Crippen LogP contribution is 2.25. The number of nitrogens with two attached hydrogens (primary N) is 1. The number of hydrogen-bond donors (Lipinski definition) is 1. The van der Waals surface area contributed by atoms with Crippen molar-refractivity contribution < 1.29 is 0 Å². The predicted octanol–water partition coefficient (Wildman–Crippen LogP) is 2.19. The van der Waals surface area contributed by atoms with E-state index in [1.165, 1.54) is 42.6 Å². The molecule has 2 N–H and O–H groups in total. The van der Waals surface area contributed by atoms with Gasteiger partial charge in [0.2, 0.25) is 0 Å². The van der Waals surface area contributed by atoms with Gasteiger partial charge < -0.3 is 5.73 Å². The van der Waals surface area contributed by atoms with Crippen LogP contribution in [0.2, 0.25) is 0 Å². The molecule has 1 aromatic rings. The van der Waals surface area contributed by atoms with Gasteiger partial charge in [0.25, 0.3) is 0 Å². The molecule has 0 amide bonds. The molecule has 1 aliphatic carbocycles. The Kier molecular flexibility index (Phi) is 3.10. The van der Waals surface area contributed by atoms with E-state index in [4.69, 9.17) is 10.8 Å². The second-order valence-corrected chi connectivity index (χ2v) is 4.68. The van der Waals surface area contributed by atoms with Crippen molar-refractivity contribution in [3.05, 3.63) is 17.0 Å². The van der Waals surface area contributed by atoms with E-state index >= 15 is 0 Å². The minimum Gasteiger partial charge on any atom is -0.325 e. The fourth-order valence-corrected chi connectivity index (χ4v) is 2.46. The van der Waals surface area contributed by atoms with Gasteiger partial charge in [-0.05, 0) is 45.1 Å². The van der Waals surface area contributed by atoms with Crippen LogP contribution in [0.3, 0.4) is 0 Å². The van der Waals surface area contributed by atoms with Gasteiger partial charge in [0.1, 0.15) is 0 Å². The van der Waals surface area contributed by atoms with Crippen molar-refractivity contribution in [2.24, 2.45) is 5.73 Å². The molecule has 0 unspecified atom stereocenters. The molecular formula is C12H21N3. The predicted molar refractivity (Wildman–Crippen MR) is 61.8 cm³/mol. The van der Waals surface area contributed by atoms with Gasteiger partial charge in [0.15, 0.2) is 0 Å². The minimum absolute atomic E-state index is 0.426. The number of rotatable bonds is 2. The van der Waals surface area contributed by atoms with Gasteiger partial charge in [-0.3, -0.25) is 4.68 Å². The van der Waals surface area contributed by atoms with E-state index in [9.17, 15) is 0 Å². The lowest BCUT2D eigenvalue weighted by molar-refractivity contribution is 0.501. The van der Waals surface area contributed by atoms with Crippen LogP contribution in [0.5, 0.6) is 0 Å². The van der Waals surface area contributed by atoms with Crippen molar-refractivity contribution in [3.8, 4) is 0 Å². The number of aromatic nitrogens is 2. The molecule has 0 radical (unpaired) electrons. The Bertz CT molecular complexity index is 339. The third-order valence-corrected chi connectivity index (χ3v) is 3.22. The zero-order chi connectivity index (χ0) is 10.8. The lowest BCUT2D eigenvalue weighted by Crippen LogP contribution is -2.12. The molecule has 2 rings (SSSR count). The molecule has 0 aliphatic heterocycles. The molecule has 0 aromatic carbocycles. The summed E-state index contributed by atoms with van der Waals surface area (Å²) in [6.45, 7) is 4.97. The van der Waals surface area contributed by atoms with Crippen LogP contribution >= 0.6 is 0 Å². The molecule has 0 bridgehead atoms. The Morgan fingerprint density at radius 1 is 1.27 bits per heavy atom. The lowest BCUT2D eigenvalue weighted by Gasteiger charge is -2.10. The van der Waals surface area contributed by atoms with Gasteiger partial charge in [-0.15, -0.1) is 0 Å². The Labute approximate surface area is 91.7 Å². The van der Waals surface area contributed by atoms with Gasteiger partial charge in [-0.2, -0.15) is 5.10 Å². The van der Waals surface area contributed by atoms with Crippen molar-refractivity contribution in [2.75, 3.05) is 0 Å². The maximum absolute atomic E-state index is 5.85. The Hall–Kier alpha value is -0.830. The van der Waals surface area contributed by atoms with Gasteiger partial charge in [-0.1, -0.05) is 6.42 Å². The van der Waals surface area contributed by atoms with E-state index in [1.54, 1.807) is 0 Å². The van der Waals surface area contributed by atoms with Crippen molar-refractivity contribution in [1.82, 2.24) is 9.78 Å². The van der Waals surface area contributed by atoms with Crippen LogP contribution in [0.1, 0.15) is 56.1 Å². The van der Waals surface area contributed by atoms with E-state index in [2.05, 4.69) is 18.5 Å². The summed E-state index contributed by atoms with van der Waals surface area (Å²) in [5, 5.41) is 4.72. The largest absolute Gasteiger partial charge is 0.325 e. The van der Waals surface area contributed by atoms with Gasteiger partial charge in [0, 0.05) is 12.6 Å². The molecule has 3 nitrogen and oxygen atoms in total. The number of hydrogen-bond acceptors (Lipinski definition) is 2. The van der Waals surface area contributed by atoms with Crippen molar-refractivity contribution in [3.63, 3.8) is 0 Å². The van der Waals surface area contributed by atoms with Gasteiger partial charge >= 0.3 is 0 Å². The summed E-state index contributed by atoms with van der Waals surface area (Å²) >= 11 is 0. The summed E-state index contributed by atoms with van der Waals surface area (Å²) in [6, 6.07) is 0.426. The van der Waals surface area contributed by atoms with Crippen LogP contribution in [0, 0.1) is 0 Å². The van der Waals surface area contributed by atoms with E-state index in [0.29, 0.717) is 12.6 Å². The topological polar surface area (TPSA) is 43.8 Å². The molecular weight excluding hydrogens is 186 g/mol. The van der Waals surface area contributed by atoms with E-state index in [0.717, 1.165) is 6.42 Å². The van der Waals surface area contributed by atoms with E-state index in [-0.39, 0.29) is 0 Å². The number of aryl methyl sites for hydroxylation is 1. The molecule has 0 spiro atoms. The number of fused-ring (bicyclic) bond motifs is 1. The molecule has 3 heteroatoms. The first-order chi connectivity index (χ1) is 7.24. The van der Waals surface area contributed by atoms with Crippen LogP contribution in [-0.2, 0) is 19.4 Å². The second-order valence-electron chi connectivity index (χ2n) is 4.68. The average molecular weight is 207 g/mol. The normalized spacial score (nSPS) is 16.5. The first-order valence-corrected chi connectivity index (χ1v) is 6.03. The zero-order valence-electron chi connectivity index (χ0n) is 9.79. The molecule has 1 aliphatic rings. The van der Waals surface area contributed by atoms with Crippen LogP contribution in [0.25, 0.3) is 0 Å². The summed E-state index contributed by atoms with van der Waals surface area (Å²) in [4.78, 5) is 0. The first kappa shape index (κ1) is 10.7. The molecule has 0 atom stereocenters. The monoisotopic (exact) mass is 207 g/mol. The highest BCUT2D eigenvalue weighted by atomic mass is 15.3. The Balaban J connectivity index is 2.43. The summed E-state index contributed by atoms with van der Waals surface area (Å²) < 4.78 is 2.12. The maximum atomic E-state index is 5.85. The second kappa shape index (κ2) is 4.35. The molecule has 15 heavy (non-hydrogen) atoms. The summed E-state index contributed by atoms with van der Waals surface area (Å²) in [5.74, 6) is 0. The zero-order valence-corrected chi connectivity index (χ0v) is 9.79. The van der Waals surface area contributed by atoms with E-state index < -0.39 is 0 Å². The quantitative estimate of drug-likeness (QED) is 0.755. The Morgan fingerprint density at radius 3 is 2.67 bits per heavy atom. The standard InChI is InChI=1S/C12H21N3/c1-9(2)15-12(8-13)10-6-4-3-5-7-11(10)14-15/h9H,3-8,13H2,1-2H3.